The minimum atomic E-state index is 0.882. The maximum absolute atomic E-state index is 6.57. The molecule has 0 spiro atoms. The van der Waals surface area contributed by atoms with Gasteiger partial charge < -0.3 is 18.5 Å². The molecule has 0 N–H and O–H groups in total. The Bertz CT molecular complexity index is 4160. The molecule has 14 rings (SSSR count). The molecule has 0 saturated heterocycles. The van der Waals surface area contributed by atoms with E-state index in [0.29, 0.717) is 0 Å². The fourth-order valence-electron chi connectivity index (χ4n) is 10.8. The summed E-state index contributed by atoms with van der Waals surface area (Å²) in [7, 11) is 0. The minimum absolute atomic E-state index is 0.882. The second-order valence-corrected chi connectivity index (χ2v) is 17.7. The highest BCUT2D eigenvalue weighted by molar-refractivity contribution is 6.16. The molecular formula is C64H41N3O. The average Bonchev–Trinajstić information content (AvgIpc) is 4.07. The Kier molecular flexibility index (Phi) is 8.55. The zero-order valence-corrected chi connectivity index (χ0v) is 36.9. The van der Waals surface area contributed by atoms with Crippen LogP contribution in [0.3, 0.4) is 0 Å². The molecule has 68 heavy (non-hydrogen) atoms. The molecule has 0 bridgehead atoms. The predicted octanol–water partition coefficient (Wildman–Crippen LogP) is 17.7. The fourth-order valence-corrected chi connectivity index (χ4v) is 10.8. The van der Waals surface area contributed by atoms with E-state index < -0.39 is 0 Å². The van der Waals surface area contributed by atoms with Crippen LogP contribution in [-0.4, -0.2) is 9.13 Å². The zero-order valence-electron chi connectivity index (χ0n) is 36.9. The molecule has 0 fully saturated rings. The van der Waals surface area contributed by atoms with Crippen molar-refractivity contribution in [3.8, 4) is 33.6 Å². The SMILES string of the molecule is c1cc(-c2ccc(N(c3ccc(-n4c5ccccc5c5ccccc54)cc3)c3ccccc3-c3ccc4oc5c6ccccc6ccc5c4c3)cc2)cc(-n2c3ccccc3c3ccccc32)c1. The number of para-hydroxylation sites is 5. The maximum Gasteiger partial charge on any atom is 0.143 e. The Hall–Kier alpha value is -9.12. The van der Waals surface area contributed by atoms with E-state index in [4.69, 9.17) is 4.42 Å². The van der Waals surface area contributed by atoms with Crippen molar-refractivity contribution in [3.05, 3.63) is 249 Å². The summed E-state index contributed by atoms with van der Waals surface area (Å²) < 4.78 is 11.3. The van der Waals surface area contributed by atoms with E-state index in [-0.39, 0.29) is 0 Å². The van der Waals surface area contributed by atoms with E-state index in [9.17, 15) is 0 Å². The standard InChI is InChI=1S/C64H41N3O/c1-2-18-51-43(14-1)30-38-56-57-41-45(31-39-63(57)68-64(51)56)50-17-3-8-23-58(50)65(47-34-36-48(37-35-47)66-59-24-9-4-19-52(59)53-20-5-10-25-60(53)66)46-32-28-42(29-33-46)44-15-13-16-49(40-44)67-61-26-11-6-21-54(61)55-22-7-12-27-62(55)67/h1-41H. The van der Waals surface area contributed by atoms with Gasteiger partial charge >= 0.3 is 0 Å². The highest BCUT2D eigenvalue weighted by Crippen LogP contribution is 2.44. The average molecular weight is 868 g/mol. The van der Waals surface area contributed by atoms with Crippen LogP contribution >= 0.6 is 0 Å². The van der Waals surface area contributed by atoms with Crippen molar-refractivity contribution in [2.45, 2.75) is 0 Å². The summed E-state index contributed by atoms with van der Waals surface area (Å²) >= 11 is 0. The van der Waals surface area contributed by atoms with Gasteiger partial charge in [0.2, 0.25) is 0 Å². The summed E-state index contributed by atoms with van der Waals surface area (Å²) in [6.45, 7) is 0. The predicted molar refractivity (Wildman–Crippen MR) is 285 cm³/mol. The normalized spacial score (nSPS) is 11.8. The fraction of sp³-hybridized carbons (Fsp3) is 0. The quantitative estimate of drug-likeness (QED) is 0.160. The lowest BCUT2D eigenvalue weighted by Gasteiger charge is -2.28. The van der Waals surface area contributed by atoms with Gasteiger partial charge in [-0.05, 0) is 119 Å². The highest BCUT2D eigenvalue weighted by Gasteiger charge is 2.20. The molecule has 4 heteroatoms. The molecule has 0 atom stereocenters. The Labute approximate surface area is 392 Å². The Morgan fingerprint density at radius 1 is 0.309 bits per heavy atom. The van der Waals surface area contributed by atoms with Crippen molar-refractivity contribution < 1.29 is 4.42 Å². The smallest absolute Gasteiger partial charge is 0.143 e. The number of anilines is 3. The molecular weight excluding hydrogens is 827 g/mol. The number of aromatic nitrogens is 2. The molecule has 4 nitrogen and oxygen atoms in total. The van der Waals surface area contributed by atoms with Gasteiger partial charge in [-0.25, -0.2) is 0 Å². The Morgan fingerprint density at radius 2 is 0.838 bits per heavy atom. The van der Waals surface area contributed by atoms with Crippen molar-refractivity contribution >= 4 is 93.4 Å². The molecule has 0 aliphatic carbocycles. The number of rotatable bonds is 7. The summed E-state index contributed by atoms with van der Waals surface area (Å²) in [6, 6.07) is 90.0. The van der Waals surface area contributed by atoms with Crippen molar-refractivity contribution in [2.24, 2.45) is 0 Å². The first-order valence-electron chi connectivity index (χ1n) is 23.2. The number of fused-ring (bicyclic) bond motifs is 11. The van der Waals surface area contributed by atoms with Crippen LogP contribution in [0.4, 0.5) is 17.1 Å². The Balaban J connectivity index is 0.905. The van der Waals surface area contributed by atoms with Gasteiger partial charge in [0.1, 0.15) is 11.2 Å². The second-order valence-electron chi connectivity index (χ2n) is 17.7. The third-order valence-electron chi connectivity index (χ3n) is 13.9. The van der Waals surface area contributed by atoms with Crippen molar-refractivity contribution in [1.82, 2.24) is 9.13 Å². The molecule has 11 aromatic carbocycles. The van der Waals surface area contributed by atoms with Gasteiger partial charge in [0.25, 0.3) is 0 Å². The largest absolute Gasteiger partial charge is 0.455 e. The van der Waals surface area contributed by atoms with Crippen LogP contribution in [0.15, 0.2) is 253 Å². The van der Waals surface area contributed by atoms with Crippen molar-refractivity contribution in [1.29, 1.82) is 0 Å². The van der Waals surface area contributed by atoms with E-state index >= 15 is 0 Å². The first-order chi connectivity index (χ1) is 33.7. The summed E-state index contributed by atoms with van der Waals surface area (Å²) in [5.74, 6) is 0. The lowest BCUT2D eigenvalue weighted by molar-refractivity contribution is 0.672. The number of hydrogen-bond donors (Lipinski definition) is 0. The molecule has 0 aliphatic rings. The summed E-state index contributed by atoms with van der Waals surface area (Å²) in [5.41, 5.74) is 16.6. The first-order valence-corrected chi connectivity index (χ1v) is 23.2. The molecule has 0 radical (unpaired) electrons. The van der Waals surface area contributed by atoms with Gasteiger partial charge in [-0.1, -0.05) is 152 Å². The number of furan rings is 1. The lowest BCUT2D eigenvalue weighted by Crippen LogP contribution is -2.11. The summed E-state index contributed by atoms with van der Waals surface area (Å²) in [6.07, 6.45) is 0. The summed E-state index contributed by atoms with van der Waals surface area (Å²) in [5, 5.41) is 9.53. The third-order valence-corrected chi connectivity index (χ3v) is 13.9. The summed E-state index contributed by atoms with van der Waals surface area (Å²) in [4.78, 5) is 2.40. The van der Waals surface area contributed by atoms with Gasteiger partial charge in [0.15, 0.2) is 0 Å². The van der Waals surface area contributed by atoms with Crippen LogP contribution < -0.4 is 4.90 Å². The van der Waals surface area contributed by atoms with Crippen LogP contribution in [-0.2, 0) is 0 Å². The van der Waals surface area contributed by atoms with E-state index in [1.165, 1.54) is 49.0 Å². The van der Waals surface area contributed by atoms with E-state index in [1.54, 1.807) is 0 Å². The molecule has 3 heterocycles. The third kappa shape index (κ3) is 5.94. The van der Waals surface area contributed by atoms with Crippen LogP contribution in [0.5, 0.6) is 0 Å². The van der Waals surface area contributed by atoms with Crippen LogP contribution in [0.1, 0.15) is 0 Å². The second kappa shape index (κ2) is 15.2. The van der Waals surface area contributed by atoms with Gasteiger partial charge in [-0.3, -0.25) is 0 Å². The van der Waals surface area contributed by atoms with Gasteiger partial charge in [-0.15, -0.1) is 0 Å². The van der Waals surface area contributed by atoms with E-state index in [0.717, 1.165) is 78.0 Å². The van der Waals surface area contributed by atoms with Crippen molar-refractivity contribution in [3.63, 3.8) is 0 Å². The molecule has 318 valence electrons. The topological polar surface area (TPSA) is 26.2 Å². The number of nitrogens with zero attached hydrogens (tertiary/aromatic N) is 3. The van der Waals surface area contributed by atoms with Crippen molar-refractivity contribution in [2.75, 3.05) is 4.90 Å². The van der Waals surface area contributed by atoms with Crippen LogP contribution in [0, 0.1) is 0 Å². The van der Waals surface area contributed by atoms with Gasteiger partial charge in [-0.2, -0.15) is 0 Å². The molecule has 0 amide bonds. The monoisotopic (exact) mass is 867 g/mol. The zero-order chi connectivity index (χ0) is 44.7. The molecule has 3 aromatic heterocycles. The van der Waals surface area contributed by atoms with Crippen LogP contribution in [0.25, 0.3) is 110 Å². The highest BCUT2D eigenvalue weighted by atomic mass is 16.3. The Morgan fingerprint density at radius 3 is 1.49 bits per heavy atom. The van der Waals surface area contributed by atoms with E-state index in [1.807, 2.05) is 0 Å². The van der Waals surface area contributed by atoms with Gasteiger partial charge in [0, 0.05) is 66.0 Å². The molecule has 14 aromatic rings. The maximum atomic E-state index is 6.57. The number of hydrogen-bond acceptors (Lipinski definition) is 2. The van der Waals surface area contributed by atoms with Crippen LogP contribution in [0.2, 0.25) is 0 Å². The number of benzene rings is 11. The minimum Gasteiger partial charge on any atom is -0.455 e. The first kappa shape index (κ1) is 38.2. The lowest BCUT2D eigenvalue weighted by atomic mass is 9.98. The molecule has 0 saturated carbocycles. The molecule has 0 unspecified atom stereocenters. The van der Waals surface area contributed by atoms with Gasteiger partial charge in [0.05, 0.1) is 27.8 Å². The van der Waals surface area contributed by atoms with E-state index in [2.05, 4.69) is 263 Å². The molecule has 0 aliphatic heterocycles.